The Balaban J connectivity index is 1.72. The van der Waals surface area contributed by atoms with Crippen molar-refractivity contribution in [3.63, 3.8) is 0 Å². The first kappa shape index (κ1) is 13.2. The van der Waals surface area contributed by atoms with Gasteiger partial charge in [-0.25, -0.2) is 0 Å². The van der Waals surface area contributed by atoms with Gasteiger partial charge in [-0.1, -0.05) is 31.0 Å². The molecular formula is C18H24OS. The van der Waals surface area contributed by atoms with E-state index in [0.29, 0.717) is 22.9 Å². The van der Waals surface area contributed by atoms with Crippen LogP contribution in [-0.4, -0.2) is 10.9 Å². The van der Waals surface area contributed by atoms with E-state index in [-0.39, 0.29) is 0 Å². The molecule has 108 valence electrons. The minimum absolute atomic E-state index is 0.293. The Labute approximate surface area is 126 Å². The van der Waals surface area contributed by atoms with Gasteiger partial charge in [-0.05, 0) is 50.7 Å². The summed E-state index contributed by atoms with van der Waals surface area (Å²) in [4.78, 5) is 1.44. The third-order valence-corrected chi connectivity index (χ3v) is 6.99. The first-order valence-electron chi connectivity index (χ1n) is 8.08. The zero-order chi connectivity index (χ0) is 13.7. The van der Waals surface area contributed by atoms with Gasteiger partial charge in [0.15, 0.2) is 0 Å². The van der Waals surface area contributed by atoms with Crippen LogP contribution in [-0.2, 0) is 4.74 Å². The highest BCUT2D eigenvalue weighted by Gasteiger charge is 2.49. The SMILES string of the molecule is CC1(C)Sc2ccccc2[C@@H]2O[C@@H]3CCCC[C@@H]3C[C@H]21. The molecule has 0 bridgehead atoms. The van der Waals surface area contributed by atoms with E-state index < -0.39 is 0 Å². The summed E-state index contributed by atoms with van der Waals surface area (Å²) < 4.78 is 6.94. The molecule has 2 aliphatic heterocycles. The van der Waals surface area contributed by atoms with Gasteiger partial charge in [0.1, 0.15) is 0 Å². The molecular weight excluding hydrogens is 264 g/mol. The number of thioether (sulfide) groups is 1. The molecule has 1 nitrogen and oxygen atoms in total. The molecule has 4 rings (SSSR count). The van der Waals surface area contributed by atoms with Crippen molar-refractivity contribution in [2.75, 3.05) is 0 Å². The van der Waals surface area contributed by atoms with Gasteiger partial charge in [-0.2, -0.15) is 0 Å². The molecule has 20 heavy (non-hydrogen) atoms. The summed E-state index contributed by atoms with van der Waals surface area (Å²) >= 11 is 2.06. The Hall–Kier alpha value is -0.470. The van der Waals surface area contributed by atoms with Crippen molar-refractivity contribution in [2.24, 2.45) is 11.8 Å². The summed E-state index contributed by atoms with van der Waals surface area (Å²) in [7, 11) is 0. The van der Waals surface area contributed by atoms with Gasteiger partial charge in [-0.3, -0.25) is 0 Å². The van der Waals surface area contributed by atoms with Gasteiger partial charge < -0.3 is 4.74 Å². The zero-order valence-corrected chi connectivity index (χ0v) is 13.3. The van der Waals surface area contributed by atoms with E-state index in [1.54, 1.807) is 0 Å². The Morgan fingerprint density at radius 2 is 1.95 bits per heavy atom. The highest BCUT2D eigenvalue weighted by atomic mass is 32.2. The fourth-order valence-electron chi connectivity index (χ4n) is 4.46. The van der Waals surface area contributed by atoms with Crippen LogP contribution in [0.1, 0.15) is 57.6 Å². The van der Waals surface area contributed by atoms with Crippen molar-refractivity contribution in [3.05, 3.63) is 29.8 Å². The lowest BCUT2D eigenvalue weighted by atomic mass is 9.71. The predicted molar refractivity (Wildman–Crippen MR) is 84.1 cm³/mol. The summed E-state index contributed by atoms with van der Waals surface area (Å²) in [6, 6.07) is 8.90. The van der Waals surface area contributed by atoms with Crippen molar-refractivity contribution >= 4 is 11.8 Å². The number of rotatable bonds is 0. The molecule has 1 saturated carbocycles. The summed E-state index contributed by atoms with van der Waals surface area (Å²) in [5.74, 6) is 1.48. The Bertz CT molecular complexity index is 510. The van der Waals surface area contributed by atoms with Crippen LogP contribution in [0.25, 0.3) is 0 Å². The molecule has 0 unspecified atom stereocenters. The molecule has 0 N–H and O–H groups in total. The monoisotopic (exact) mass is 288 g/mol. The smallest absolute Gasteiger partial charge is 0.0881 e. The van der Waals surface area contributed by atoms with Crippen LogP contribution >= 0.6 is 11.8 Å². The van der Waals surface area contributed by atoms with Crippen molar-refractivity contribution in [3.8, 4) is 0 Å². The zero-order valence-electron chi connectivity index (χ0n) is 12.5. The Morgan fingerprint density at radius 3 is 2.85 bits per heavy atom. The molecule has 2 heterocycles. The lowest BCUT2D eigenvalue weighted by Gasteiger charge is -2.52. The van der Waals surface area contributed by atoms with Crippen LogP contribution in [0.5, 0.6) is 0 Å². The average Bonchev–Trinajstić information content (AvgIpc) is 2.45. The summed E-state index contributed by atoms with van der Waals surface area (Å²) in [5, 5.41) is 0. The third-order valence-electron chi connectivity index (χ3n) is 5.57. The highest BCUT2D eigenvalue weighted by molar-refractivity contribution is 8.00. The first-order valence-corrected chi connectivity index (χ1v) is 8.90. The third kappa shape index (κ3) is 2.03. The Morgan fingerprint density at radius 1 is 1.15 bits per heavy atom. The van der Waals surface area contributed by atoms with Gasteiger partial charge in [0.05, 0.1) is 12.2 Å². The van der Waals surface area contributed by atoms with E-state index in [1.807, 2.05) is 0 Å². The summed E-state index contributed by atoms with van der Waals surface area (Å²) in [5.41, 5.74) is 1.45. The lowest BCUT2D eigenvalue weighted by Crippen LogP contribution is -2.47. The standard InChI is InChI=1S/C18H24OS/c1-18(2)14-11-12-7-3-5-9-15(12)19-17(14)13-8-4-6-10-16(13)20-18/h4,6,8,10,12,14-15,17H,3,5,7,9,11H2,1-2H3/t12-,14-,15-,17+/m1/s1. The molecule has 0 spiro atoms. The van der Waals surface area contributed by atoms with Gasteiger partial charge in [0.2, 0.25) is 0 Å². The maximum Gasteiger partial charge on any atom is 0.0881 e. The molecule has 2 fully saturated rings. The quantitative estimate of drug-likeness (QED) is 0.648. The molecule has 1 aromatic carbocycles. The molecule has 4 atom stereocenters. The van der Waals surface area contributed by atoms with Gasteiger partial charge in [0.25, 0.3) is 0 Å². The van der Waals surface area contributed by atoms with E-state index >= 15 is 0 Å². The van der Waals surface area contributed by atoms with E-state index in [1.165, 1.54) is 42.6 Å². The minimum atomic E-state index is 0.293. The van der Waals surface area contributed by atoms with Crippen molar-refractivity contribution < 1.29 is 4.74 Å². The van der Waals surface area contributed by atoms with Crippen molar-refractivity contribution in [1.29, 1.82) is 0 Å². The summed E-state index contributed by atoms with van der Waals surface area (Å²) in [6.07, 6.45) is 7.66. The van der Waals surface area contributed by atoms with E-state index in [4.69, 9.17) is 4.74 Å². The van der Waals surface area contributed by atoms with Crippen LogP contribution in [0.2, 0.25) is 0 Å². The second-order valence-electron chi connectivity index (χ2n) is 7.23. The second kappa shape index (κ2) is 4.78. The fraction of sp³-hybridized carbons (Fsp3) is 0.667. The van der Waals surface area contributed by atoms with Crippen LogP contribution in [0.3, 0.4) is 0 Å². The predicted octanol–water partition coefficient (Wildman–Crippen LogP) is 5.21. The van der Waals surface area contributed by atoms with Crippen LogP contribution < -0.4 is 0 Å². The maximum atomic E-state index is 6.64. The lowest BCUT2D eigenvalue weighted by molar-refractivity contribution is -0.139. The fourth-order valence-corrected chi connectivity index (χ4v) is 5.85. The average molecular weight is 288 g/mol. The molecule has 0 aromatic heterocycles. The first-order chi connectivity index (χ1) is 9.65. The van der Waals surface area contributed by atoms with Crippen LogP contribution in [0.15, 0.2) is 29.2 Å². The molecule has 0 radical (unpaired) electrons. The number of hydrogen-bond donors (Lipinski definition) is 0. The molecule has 3 aliphatic rings. The number of fused-ring (bicyclic) bond motifs is 4. The van der Waals surface area contributed by atoms with Gasteiger partial charge >= 0.3 is 0 Å². The second-order valence-corrected chi connectivity index (χ2v) is 8.92. The highest BCUT2D eigenvalue weighted by Crippen LogP contribution is 2.58. The normalized spacial score (nSPS) is 38.5. The Kier molecular flexibility index (Phi) is 3.15. The molecule has 0 amide bonds. The minimum Gasteiger partial charge on any atom is -0.370 e. The largest absolute Gasteiger partial charge is 0.370 e. The van der Waals surface area contributed by atoms with Crippen molar-refractivity contribution in [1.82, 2.24) is 0 Å². The van der Waals surface area contributed by atoms with Gasteiger partial charge in [0, 0.05) is 15.6 Å². The van der Waals surface area contributed by atoms with E-state index in [0.717, 1.165) is 5.92 Å². The van der Waals surface area contributed by atoms with Crippen LogP contribution in [0.4, 0.5) is 0 Å². The van der Waals surface area contributed by atoms with E-state index in [2.05, 4.69) is 49.9 Å². The van der Waals surface area contributed by atoms with E-state index in [9.17, 15) is 0 Å². The molecule has 1 aliphatic carbocycles. The van der Waals surface area contributed by atoms with Gasteiger partial charge in [-0.15, -0.1) is 11.8 Å². The van der Waals surface area contributed by atoms with Crippen LogP contribution in [0, 0.1) is 11.8 Å². The molecule has 1 aromatic rings. The maximum absolute atomic E-state index is 6.64. The van der Waals surface area contributed by atoms with Crippen molar-refractivity contribution in [2.45, 2.75) is 67.8 Å². The molecule has 1 saturated heterocycles. The number of hydrogen-bond acceptors (Lipinski definition) is 2. The molecule has 2 heteroatoms. The summed E-state index contributed by atoms with van der Waals surface area (Å²) in [6.45, 7) is 4.83. The topological polar surface area (TPSA) is 9.23 Å². The number of benzene rings is 1. The number of ether oxygens (including phenoxy) is 1.